The summed E-state index contributed by atoms with van der Waals surface area (Å²) in [5.74, 6) is -1.44. The zero-order valence-electron chi connectivity index (χ0n) is 16.2. The number of hydrogen-bond acceptors (Lipinski definition) is 4. The highest BCUT2D eigenvalue weighted by Gasteiger charge is 2.29. The van der Waals surface area contributed by atoms with Crippen molar-refractivity contribution in [3.05, 3.63) is 48.0 Å². The molecule has 1 heterocycles. The molecular formula is C22H27N3O3. The molecule has 0 aromatic heterocycles. The van der Waals surface area contributed by atoms with E-state index in [1.54, 1.807) is 6.92 Å². The molecule has 1 aliphatic heterocycles. The highest BCUT2D eigenvalue weighted by atomic mass is 16.2. The van der Waals surface area contributed by atoms with Crippen molar-refractivity contribution in [1.82, 2.24) is 16.0 Å². The fraction of sp³-hybridized carbons (Fsp3) is 0.409. The number of rotatable bonds is 8. The molecule has 2 amide bonds. The number of carbonyl (C=O) groups excluding carboxylic acids is 3. The van der Waals surface area contributed by atoms with Gasteiger partial charge in [-0.3, -0.25) is 14.4 Å². The zero-order valence-corrected chi connectivity index (χ0v) is 16.2. The van der Waals surface area contributed by atoms with E-state index >= 15 is 0 Å². The standard InChI is InChI=1S/C22H27N3O3/c1-2-18(25-21(27)19-11-6-13-23-19)20(26)22(28)24-14-12-16-9-5-8-15-7-3-4-10-17(15)16/h3-5,7-10,18-19,23H,2,6,11-14H2,1H3,(H,24,28)(H,25,27)/t18-,19?/m0/s1. The van der Waals surface area contributed by atoms with Gasteiger partial charge in [0, 0.05) is 6.54 Å². The molecule has 0 saturated carbocycles. The molecule has 148 valence electrons. The molecule has 2 aromatic rings. The van der Waals surface area contributed by atoms with Crippen LogP contribution in [0.5, 0.6) is 0 Å². The molecular weight excluding hydrogens is 354 g/mol. The topological polar surface area (TPSA) is 87.3 Å². The van der Waals surface area contributed by atoms with Crippen LogP contribution in [-0.4, -0.2) is 42.8 Å². The first-order valence-corrected chi connectivity index (χ1v) is 9.92. The summed E-state index contributed by atoms with van der Waals surface area (Å²) in [6.07, 6.45) is 2.72. The Bertz CT molecular complexity index is 854. The lowest BCUT2D eigenvalue weighted by Gasteiger charge is -2.18. The van der Waals surface area contributed by atoms with Crippen molar-refractivity contribution in [2.45, 2.75) is 44.7 Å². The molecule has 1 unspecified atom stereocenters. The van der Waals surface area contributed by atoms with Gasteiger partial charge < -0.3 is 16.0 Å². The van der Waals surface area contributed by atoms with Crippen molar-refractivity contribution in [2.24, 2.45) is 0 Å². The number of benzene rings is 2. The van der Waals surface area contributed by atoms with E-state index in [-0.39, 0.29) is 11.9 Å². The van der Waals surface area contributed by atoms with Crippen LogP contribution in [0.15, 0.2) is 42.5 Å². The second-order valence-corrected chi connectivity index (χ2v) is 7.13. The summed E-state index contributed by atoms with van der Waals surface area (Å²) in [7, 11) is 0. The van der Waals surface area contributed by atoms with E-state index < -0.39 is 17.7 Å². The molecule has 6 nitrogen and oxygen atoms in total. The number of carbonyl (C=O) groups is 3. The lowest BCUT2D eigenvalue weighted by atomic mass is 10.0. The molecule has 3 rings (SSSR count). The maximum Gasteiger partial charge on any atom is 0.289 e. The minimum absolute atomic E-state index is 0.207. The van der Waals surface area contributed by atoms with Gasteiger partial charge >= 0.3 is 0 Å². The monoisotopic (exact) mass is 381 g/mol. The minimum Gasteiger partial charge on any atom is -0.349 e. The van der Waals surface area contributed by atoms with Crippen molar-refractivity contribution in [1.29, 1.82) is 0 Å². The molecule has 0 bridgehead atoms. The normalized spacial score (nSPS) is 17.2. The average Bonchev–Trinajstić information content (AvgIpc) is 3.26. The van der Waals surface area contributed by atoms with Crippen LogP contribution in [0, 0.1) is 0 Å². The van der Waals surface area contributed by atoms with E-state index in [0.717, 1.165) is 35.7 Å². The lowest BCUT2D eigenvalue weighted by molar-refractivity contribution is -0.140. The first kappa shape index (κ1) is 20.0. The van der Waals surface area contributed by atoms with Crippen molar-refractivity contribution >= 4 is 28.4 Å². The van der Waals surface area contributed by atoms with Crippen LogP contribution in [0.1, 0.15) is 31.7 Å². The van der Waals surface area contributed by atoms with Gasteiger partial charge in [0.25, 0.3) is 5.91 Å². The molecule has 1 saturated heterocycles. The Hall–Kier alpha value is -2.73. The Labute approximate surface area is 165 Å². The zero-order chi connectivity index (χ0) is 19.9. The first-order valence-electron chi connectivity index (χ1n) is 9.92. The highest BCUT2D eigenvalue weighted by molar-refractivity contribution is 6.38. The van der Waals surface area contributed by atoms with Crippen LogP contribution in [0.4, 0.5) is 0 Å². The van der Waals surface area contributed by atoms with Gasteiger partial charge in [-0.2, -0.15) is 0 Å². The van der Waals surface area contributed by atoms with Crippen LogP contribution in [0.2, 0.25) is 0 Å². The number of amides is 2. The van der Waals surface area contributed by atoms with Gasteiger partial charge in [0.05, 0.1) is 12.1 Å². The van der Waals surface area contributed by atoms with E-state index in [1.807, 2.05) is 24.3 Å². The number of ketones is 1. The summed E-state index contributed by atoms with van der Waals surface area (Å²) in [4.78, 5) is 36.9. The van der Waals surface area contributed by atoms with Crippen molar-refractivity contribution < 1.29 is 14.4 Å². The molecule has 3 N–H and O–H groups in total. The Balaban J connectivity index is 1.52. The molecule has 1 fully saturated rings. The van der Waals surface area contributed by atoms with Gasteiger partial charge in [0.1, 0.15) is 0 Å². The third kappa shape index (κ3) is 4.75. The van der Waals surface area contributed by atoms with Gasteiger partial charge in [0.15, 0.2) is 0 Å². The maximum absolute atomic E-state index is 12.4. The molecule has 1 aliphatic rings. The smallest absolute Gasteiger partial charge is 0.289 e. The molecule has 0 radical (unpaired) electrons. The Kier molecular flexibility index (Phi) is 6.76. The highest BCUT2D eigenvalue weighted by Crippen LogP contribution is 2.18. The van der Waals surface area contributed by atoms with Crippen LogP contribution < -0.4 is 16.0 Å². The van der Waals surface area contributed by atoms with Crippen LogP contribution in [-0.2, 0) is 20.8 Å². The number of hydrogen-bond donors (Lipinski definition) is 3. The Morgan fingerprint density at radius 3 is 2.68 bits per heavy atom. The summed E-state index contributed by atoms with van der Waals surface area (Å²) in [6, 6.07) is 13.1. The Morgan fingerprint density at radius 2 is 1.93 bits per heavy atom. The predicted molar refractivity (Wildman–Crippen MR) is 109 cm³/mol. The summed E-state index contributed by atoms with van der Waals surface area (Å²) in [5, 5.41) is 10.8. The van der Waals surface area contributed by atoms with Gasteiger partial charge in [-0.1, -0.05) is 49.4 Å². The van der Waals surface area contributed by atoms with Crippen molar-refractivity contribution in [2.75, 3.05) is 13.1 Å². The molecule has 2 atom stereocenters. The second kappa shape index (κ2) is 9.46. The molecule has 0 aliphatic carbocycles. The summed E-state index contributed by atoms with van der Waals surface area (Å²) in [5.41, 5.74) is 1.12. The van der Waals surface area contributed by atoms with Gasteiger partial charge in [-0.05, 0) is 48.6 Å². The summed E-state index contributed by atoms with van der Waals surface area (Å²) < 4.78 is 0. The van der Waals surface area contributed by atoms with E-state index in [0.29, 0.717) is 19.4 Å². The third-order valence-electron chi connectivity index (χ3n) is 5.20. The number of Topliss-reactive ketones (excluding diaryl/α,β-unsaturated/α-hetero) is 1. The Morgan fingerprint density at radius 1 is 1.14 bits per heavy atom. The van der Waals surface area contributed by atoms with Crippen LogP contribution >= 0.6 is 0 Å². The molecule has 2 aromatic carbocycles. The minimum atomic E-state index is -0.785. The van der Waals surface area contributed by atoms with Gasteiger partial charge in [-0.15, -0.1) is 0 Å². The van der Waals surface area contributed by atoms with Crippen LogP contribution in [0.3, 0.4) is 0 Å². The molecule has 28 heavy (non-hydrogen) atoms. The van der Waals surface area contributed by atoms with Crippen molar-refractivity contribution in [3.8, 4) is 0 Å². The maximum atomic E-state index is 12.4. The number of nitrogens with one attached hydrogen (secondary N) is 3. The quantitative estimate of drug-likeness (QED) is 0.608. The van der Waals surface area contributed by atoms with E-state index in [1.165, 1.54) is 0 Å². The fourth-order valence-corrected chi connectivity index (χ4v) is 3.60. The first-order chi connectivity index (χ1) is 13.6. The van der Waals surface area contributed by atoms with E-state index in [2.05, 4.69) is 34.1 Å². The fourth-order valence-electron chi connectivity index (χ4n) is 3.60. The molecule has 6 heteroatoms. The lowest BCUT2D eigenvalue weighted by Crippen LogP contribution is -2.51. The van der Waals surface area contributed by atoms with Crippen molar-refractivity contribution in [3.63, 3.8) is 0 Å². The number of fused-ring (bicyclic) bond motifs is 1. The third-order valence-corrected chi connectivity index (χ3v) is 5.20. The summed E-state index contributed by atoms with van der Waals surface area (Å²) in [6.45, 7) is 2.96. The SMILES string of the molecule is CC[C@H](NC(=O)C1CCCN1)C(=O)C(=O)NCCc1cccc2ccccc12. The van der Waals surface area contributed by atoms with Crippen LogP contribution in [0.25, 0.3) is 10.8 Å². The van der Waals surface area contributed by atoms with Gasteiger partial charge in [-0.25, -0.2) is 0 Å². The van der Waals surface area contributed by atoms with E-state index in [4.69, 9.17) is 0 Å². The summed E-state index contributed by atoms with van der Waals surface area (Å²) >= 11 is 0. The largest absolute Gasteiger partial charge is 0.349 e. The second-order valence-electron chi connectivity index (χ2n) is 7.13. The van der Waals surface area contributed by atoms with Gasteiger partial charge in [0.2, 0.25) is 11.7 Å². The average molecular weight is 381 g/mol. The predicted octanol–water partition coefficient (Wildman–Crippen LogP) is 1.71. The molecule has 0 spiro atoms. The van der Waals surface area contributed by atoms with E-state index in [9.17, 15) is 14.4 Å².